The highest BCUT2D eigenvalue weighted by atomic mass is 32.2. The van der Waals surface area contributed by atoms with Crippen LogP contribution in [-0.4, -0.2) is 40.7 Å². The number of aromatic nitrogens is 4. The summed E-state index contributed by atoms with van der Waals surface area (Å²) in [5, 5.41) is 8.84. The number of hydrogen-bond acceptors (Lipinski definition) is 8. The molecule has 0 bridgehead atoms. The first-order valence-corrected chi connectivity index (χ1v) is 12.5. The zero-order valence-corrected chi connectivity index (χ0v) is 19.7. The molecule has 0 atom stereocenters. The van der Waals surface area contributed by atoms with E-state index in [1.165, 1.54) is 24.4 Å². The van der Waals surface area contributed by atoms with Crippen LogP contribution in [0.2, 0.25) is 0 Å². The molecule has 1 aliphatic rings. The number of sulfone groups is 1. The van der Waals surface area contributed by atoms with Gasteiger partial charge in [-0.25, -0.2) is 13.4 Å². The van der Waals surface area contributed by atoms with Crippen molar-refractivity contribution in [2.45, 2.75) is 43.2 Å². The summed E-state index contributed by atoms with van der Waals surface area (Å²) in [6, 6.07) is 4.55. The fourth-order valence-electron chi connectivity index (χ4n) is 3.59. The average Bonchev–Trinajstić information content (AvgIpc) is 2.73. The molecule has 1 aliphatic carbocycles. The van der Waals surface area contributed by atoms with E-state index in [9.17, 15) is 30.8 Å². The Balaban J connectivity index is 1.71. The molecule has 2 aromatic heterocycles. The van der Waals surface area contributed by atoms with Gasteiger partial charge in [-0.3, -0.25) is 4.79 Å². The molecule has 1 N–H and O–H groups in total. The van der Waals surface area contributed by atoms with Crippen molar-refractivity contribution in [1.29, 1.82) is 0 Å². The first-order chi connectivity index (χ1) is 16.8. The Morgan fingerprint density at radius 3 is 2.50 bits per heavy atom. The summed E-state index contributed by atoms with van der Waals surface area (Å²) in [6.45, 7) is 0.993. The monoisotopic (exact) mass is 525 g/mol. The number of carbonyl (C=O) groups excluding carboxylic acids is 1. The maximum atomic E-state index is 14.5. The molecule has 0 aliphatic heterocycles. The SMILES string of the molecule is Cc1c(C(F)(F)F)nnc(Oc2ncc(C3CCC3)c(F)n2)c1C(=O)Nc1cccc(S(C)(=O)=O)c1. The second-order valence-electron chi connectivity index (χ2n) is 8.23. The van der Waals surface area contributed by atoms with E-state index in [1.807, 2.05) is 0 Å². The van der Waals surface area contributed by atoms with E-state index in [1.54, 1.807) is 0 Å². The van der Waals surface area contributed by atoms with E-state index >= 15 is 0 Å². The Kier molecular flexibility index (Phi) is 6.64. The molecule has 3 aromatic rings. The minimum atomic E-state index is -4.94. The summed E-state index contributed by atoms with van der Waals surface area (Å²) >= 11 is 0. The third-order valence-electron chi connectivity index (χ3n) is 5.68. The summed E-state index contributed by atoms with van der Waals surface area (Å²) in [4.78, 5) is 20.4. The van der Waals surface area contributed by atoms with Crippen LogP contribution in [0.25, 0.3) is 0 Å². The number of halogens is 4. The van der Waals surface area contributed by atoms with Gasteiger partial charge in [0, 0.05) is 23.7 Å². The minimum Gasteiger partial charge on any atom is -0.403 e. The van der Waals surface area contributed by atoms with Crippen LogP contribution < -0.4 is 10.1 Å². The van der Waals surface area contributed by atoms with Crippen molar-refractivity contribution in [2.75, 3.05) is 11.6 Å². The van der Waals surface area contributed by atoms with E-state index in [0.717, 1.165) is 38.5 Å². The third kappa shape index (κ3) is 5.27. The highest BCUT2D eigenvalue weighted by Gasteiger charge is 2.38. The zero-order valence-electron chi connectivity index (χ0n) is 18.9. The lowest BCUT2D eigenvalue weighted by atomic mass is 9.81. The lowest BCUT2D eigenvalue weighted by Crippen LogP contribution is -2.21. The number of hydrogen-bond donors (Lipinski definition) is 1. The Labute approximate surface area is 202 Å². The lowest BCUT2D eigenvalue weighted by Gasteiger charge is -2.25. The van der Waals surface area contributed by atoms with Crippen molar-refractivity contribution in [1.82, 2.24) is 20.2 Å². The molecule has 0 radical (unpaired) electrons. The van der Waals surface area contributed by atoms with Gasteiger partial charge in [0.2, 0.25) is 5.95 Å². The fraction of sp³-hybridized carbons (Fsp3) is 0.318. The number of alkyl halides is 3. The van der Waals surface area contributed by atoms with Crippen molar-refractivity contribution >= 4 is 21.4 Å². The molecule has 0 spiro atoms. The van der Waals surface area contributed by atoms with Gasteiger partial charge in [0.1, 0.15) is 5.56 Å². The molecule has 14 heteroatoms. The van der Waals surface area contributed by atoms with E-state index in [-0.39, 0.29) is 16.5 Å². The molecule has 1 fully saturated rings. The van der Waals surface area contributed by atoms with Crippen LogP contribution >= 0.6 is 0 Å². The number of anilines is 1. The third-order valence-corrected chi connectivity index (χ3v) is 6.79. The number of nitrogens with one attached hydrogen (secondary N) is 1. The molecule has 0 saturated heterocycles. The van der Waals surface area contributed by atoms with Crippen LogP contribution in [0.3, 0.4) is 0 Å². The number of benzene rings is 1. The first-order valence-electron chi connectivity index (χ1n) is 10.6. The van der Waals surface area contributed by atoms with Gasteiger partial charge in [0.25, 0.3) is 11.8 Å². The van der Waals surface area contributed by atoms with Gasteiger partial charge in [-0.05, 0) is 49.4 Å². The predicted molar refractivity (Wildman–Crippen MR) is 118 cm³/mol. The molecule has 36 heavy (non-hydrogen) atoms. The second-order valence-corrected chi connectivity index (χ2v) is 10.2. The van der Waals surface area contributed by atoms with Crippen LogP contribution in [0.15, 0.2) is 35.4 Å². The molecule has 4 rings (SSSR count). The van der Waals surface area contributed by atoms with Gasteiger partial charge in [-0.1, -0.05) is 12.5 Å². The highest BCUT2D eigenvalue weighted by molar-refractivity contribution is 7.90. The van der Waals surface area contributed by atoms with E-state index in [0.29, 0.717) is 5.56 Å². The Hall–Kier alpha value is -3.68. The molecule has 0 unspecified atom stereocenters. The molecule has 9 nitrogen and oxygen atoms in total. The largest absolute Gasteiger partial charge is 0.435 e. The van der Waals surface area contributed by atoms with Crippen molar-refractivity contribution in [3.63, 3.8) is 0 Å². The van der Waals surface area contributed by atoms with Gasteiger partial charge in [0.05, 0.1) is 4.90 Å². The number of carbonyl (C=O) groups is 1. The fourth-order valence-corrected chi connectivity index (χ4v) is 4.26. The maximum Gasteiger partial charge on any atom is 0.435 e. The van der Waals surface area contributed by atoms with Crippen LogP contribution in [0.1, 0.15) is 52.4 Å². The average molecular weight is 525 g/mol. The summed E-state index contributed by atoms with van der Waals surface area (Å²) in [6.07, 6.45) is -0.226. The molecular weight excluding hydrogens is 506 g/mol. The van der Waals surface area contributed by atoms with Crippen LogP contribution in [0, 0.1) is 12.9 Å². The number of rotatable bonds is 6. The number of ether oxygens (including phenoxy) is 1. The molecule has 1 saturated carbocycles. The summed E-state index contributed by atoms with van der Waals surface area (Å²) in [7, 11) is -3.62. The van der Waals surface area contributed by atoms with E-state index in [4.69, 9.17) is 4.74 Å². The van der Waals surface area contributed by atoms with Gasteiger partial charge < -0.3 is 10.1 Å². The highest BCUT2D eigenvalue weighted by Crippen LogP contribution is 2.38. The summed E-state index contributed by atoms with van der Waals surface area (Å²) < 4.78 is 83.7. The minimum absolute atomic E-state index is 0.00853. The van der Waals surface area contributed by atoms with Crippen molar-refractivity contribution in [2.24, 2.45) is 0 Å². The number of nitrogens with zero attached hydrogens (tertiary/aromatic N) is 4. The Bertz CT molecular complexity index is 1440. The standard InChI is InChI=1S/C22H19F4N5O4S/c1-11-16(19(32)28-13-7-4-8-14(9-13)36(2,33)34)20(31-30-17(11)22(24,25)26)35-21-27-10-15(18(23)29-21)12-5-3-6-12/h4,7-10,12H,3,5-6H2,1-2H3,(H,28,32). The molecule has 1 aromatic carbocycles. The normalized spacial score (nSPS) is 14.3. The molecule has 190 valence electrons. The molecule has 2 heterocycles. The van der Waals surface area contributed by atoms with Gasteiger partial charge in [-0.2, -0.15) is 22.5 Å². The van der Waals surface area contributed by atoms with Crippen molar-refractivity contribution < 1.29 is 35.5 Å². The topological polar surface area (TPSA) is 124 Å². The maximum absolute atomic E-state index is 14.5. The van der Waals surface area contributed by atoms with Crippen LogP contribution in [0.5, 0.6) is 11.9 Å². The van der Waals surface area contributed by atoms with Gasteiger partial charge >= 0.3 is 12.2 Å². The smallest absolute Gasteiger partial charge is 0.403 e. The zero-order chi connectivity index (χ0) is 26.3. The predicted octanol–water partition coefficient (Wildman–Crippen LogP) is 4.45. The van der Waals surface area contributed by atoms with Crippen LogP contribution in [-0.2, 0) is 16.0 Å². The van der Waals surface area contributed by atoms with Crippen molar-refractivity contribution in [3.05, 3.63) is 58.8 Å². The quantitative estimate of drug-likeness (QED) is 0.370. The lowest BCUT2D eigenvalue weighted by molar-refractivity contribution is -0.142. The number of amides is 1. The van der Waals surface area contributed by atoms with E-state index in [2.05, 4.69) is 25.5 Å². The second kappa shape index (κ2) is 9.41. The first kappa shape index (κ1) is 25.4. The van der Waals surface area contributed by atoms with Crippen LogP contribution in [0.4, 0.5) is 23.2 Å². The molecule has 1 amide bonds. The summed E-state index contributed by atoms with van der Waals surface area (Å²) in [5.74, 6) is -2.64. The summed E-state index contributed by atoms with van der Waals surface area (Å²) in [5.41, 5.74) is -2.42. The van der Waals surface area contributed by atoms with Crippen molar-refractivity contribution in [3.8, 4) is 11.9 Å². The Morgan fingerprint density at radius 1 is 1.19 bits per heavy atom. The van der Waals surface area contributed by atoms with Gasteiger partial charge in [-0.15, -0.1) is 10.2 Å². The molecular formula is C22H19F4N5O4S. The van der Waals surface area contributed by atoms with Gasteiger partial charge in [0.15, 0.2) is 15.5 Å². The van der Waals surface area contributed by atoms with E-state index < -0.39 is 56.6 Å². The Morgan fingerprint density at radius 2 is 1.92 bits per heavy atom.